The van der Waals surface area contributed by atoms with Gasteiger partial charge in [-0.05, 0) is 17.7 Å². The van der Waals surface area contributed by atoms with Crippen LogP contribution < -0.4 is 5.73 Å². The molecule has 0 bridgehead atoms. The summed E-state index contributed by atoms with van der Waals surface area (Å²) in [6.07, 6.45) is 0. The van der Waals surface area contributed by atoms with Crippen LogP contribution in [0.4, 0.5) is 0 Å². The highest BCUT2D eigenvalue weighted by Crippen LogP contribution is 2.15. The lowest BCUT2D eigenvalue weighted by Crippen LogP contribution is -2.28. The second-order valence-corrected chi connectivity index (χ2v) is 5.50. The van der Waals surface area contributed by atoms with E-state index in [1.807, 2.05) is 18.2 Å². The van der Waals surface area contributed by atoms with E-state index in [1.165, 1.54) is 0 Å². The minimum Gasteiger partial charge on any atom is -0.387 e. The van der Waals surface area contributed by atoms with Gasteiger partial charge in [-0.1, -0.05) is 48.8 Å². The lowest BCUT2D eigenvalue weighted by molar-refractivity contribution is 0.581. The van der Waals surface area contributed by atoms with E-state index in [1.54, 1.807) is 0 Å². The standard InChI is InChI=1S/C12H17BrN2/c1-12(2,3)11(14)15-8-9-5-4-6-10(13)7-9/h4-7H,8H2,1-3H3,(H2,14,15). The largest absolute Gasteiger partial charge is 0.387 e. The molecule has 0 saturated heterocycles. The summed E-state index contributed by atoms with van der Waals surface area (Å²) in [6, 6.07) is 8.10. The van der Waals surface area contributed by atoms with Crippen molar-refractivity contribution in [1.82, 2.24) is 0 Å². The van der Waals surface area contributed by atoms with Crippen molar-refractivity contribution in [2.45, 2.75) is 27.3 Å². The molecule has 2 N–H and O–H groups in total. The van der Waals surface area contributed by atoms with E-state index in [-0.39, 0.29) is 5.41 Å². The summed E-state index contributed by atoms with van der Waals surface area (Å²) in [5.74, 6) is 0.697. The second kappa shape index (κ2) is 4.79. The molecular weight excluding hydrogens is 252 g/mol. The maximum Gasteiger partial charge on any atom is 0.0995 e. The van der Waals surface area contributed by atoms with Crippen molar-refractivity contribution in [3.8, 4) is 0 Å². The molecule has 0 atom stereocenters. The summed E-state index contributed by atoms with van der Waals surface area (Å²) in [6.45, 7) is 6.83. The molecule has 1 aromatic carbocycles. The Morgan fingerprint density at radius 1 is 1.40 bits per heavy atom. The molecule has 0 heterocycles. The molecule has 0 aliphatic heterocycles. The molecule has 15 heavy (non-hydrogen) atoms. The summed E-state index contributed by atoms with van der Waals surface area (Å²) in [7, 11) is 0. The second-order valence-electron chi connectivity index (χ2n) is 4.58. The Kier molecular flexibility index (Phi) is 3.91. The first-order valence-electron chi connectivity index (χ1n) is 4.94. The topological polar surface area (TPSA) is 38.4 Å². The number of rotatable bonds is 2. The van der Waals surface area contributed by atoms with Gasteiger partial charge in [0.1, 0.15) is 0 Å². The number of aliphatic imine (C=N–C) groups is 1. The third-order valence-corrected chi connectivity index (χ3v) is 2.58. The summed E-state index contributed by atoms with van der Waals surface area (Å²) in [5, 5.41) is 0. The number of benzene rings is 1. The van der Waals surface area contributed by atoms with Crippen molar-refractivity contribution in [1.29, 1.82) is 0 Å². The number of nitrogens with two attached hydrogens (primary N) is 1. The van der Waals surface area contributed by atoms with Crippen LogP contribution in [0.5, 0.6) is 0 Å². The van der Waals surface area contributed by atoms with Crippen molar-refractivity contribution >= 4 is 21.8 Å². The van der Waals surface area contributed by atoms with Crippen molar-refractivity contribution in [3.63, 3.8) is 0 Å². The van der Waals surface area contributed by atoms with Crippen LogP contribution in [0.2, 0.25) is 0 Å². The van der Waals surface area contributed by atoms with Gasteiger partial charge < -0.3 is 5.73 Å². The maximum absolute atomic E-state index is 5.87. The lowest BCUT2D eigenvalue weighted by Gasteiger charge is -2.17. The Morgan fingerprint density at radius 2 is 2.07 bits per heavy atom. The zero-order valence-corrected chi connectivity index (χ0v) is 11.0. The van der Waals surface area contributed by atoms with Crippen LogP contribution in [-0.2, 0) is 6.54 Å². The molecule has 0 aliphatic carbocycles. The lowest BCUT2D eigenvalue weighted by atomic mass is 9.95. The average molecular weight is 269 g/mol. The molecule has 2 nitrogen and oxygen atoms in total. The monoisotopic (exact) mass is 268 g/mol. The third kappa shape index (κ3) is 4.04. The fraction of sp³-hybridized carbons (Fsp3) is 0.417. The number of amidine groups is 1. The zero-order valence-electron chi connectivity index (χ0n) is 9.42. The first-order chi connectivity index (χ1) is 6.89. The summed E-state index contributed by atoms with van der Waals surface area (Å²) >= 11 is 3.43. The highest BCUT2D eigenvalue weighted by Gasteiger charge is 2.14. The number of hydrogen-bond acceptors (Lipinski definition) is 1. The predicted octanol–water partition coefficient (Wildman–Crippen LogP) is 3.35. The van der Waals surface area contributed by atoms with Crippen LogP contribution in [0, 0.1) is 5.41 Å². The van der Waals surface area contributed by atoms with Gasteiger partial charge in [-0.2, -0.15) is 0 Å². The van der Waals surface area contributed by atoms with Crippen molar-refractivity contribution in [2.24, 2.45) is 16.1 Å². The molecule has 1 rings (SSSR count). The Labute approximate surface area is 99.7 Å². The van der Waals surface area contributed by atoms with Crippen LogP contribution in [0.3, 0.4) is 0 Å². The number of halogens is 1. The van der Waals surface area contributed by atoms with E-state index in [4.69, 9.17) is 5.73 Å². The van der Waals surface area contributed by atoms with E-state index >= 15 is 0 Å². The van der Waals surface area contributed by atoms with Crippen LogP contribution in [0.1, 0.15) is 26.3 Å². The van der Waals surface area contributed by atoms with Crippen molar-refractivity contribution in [2.75, 3.05) is 0 Å². The minimum atomic E-state index is -0.0496. The van der Waals surface area contributed by atoms with Gasteiger partial charge in [0.05, 0.1) is 12.4 Å². The molecule has 0 fully saturated rings. The SMILES string of the molecule is CC(C)(C)C(N)=NCc1cccc(Br)c1. The smallest absolute Gasteiger partial charge is 0.0995 e. The molecule has 0 aliphatic rings. The number of nitrogens with zero attached hydrogens (tertiary/aromatic N) is 1. The predicted molar refractivity (Wildman–Crippen MR) is 68.9 cm³/mol. The Bertz CT molecular complexity index is 364. The molecule has 0 amide bonds. The van der Waals surface area contributed by atoms with E-state index in [0.29, 0.717) is 12.4 Å². The minimum absolute atomic E-state index is 0.0496. The van der Waals surface area contributed by atoms with Gasteiger partial charge in [0.2, 0.25) is 0 Å². The van der Waals surface area contributed by atoms with Gasteiger partial charge in [0.15, 0.2) is 0 Å². The van der Waals surface area contributed by atoms with Crippen LogP contribution >= 0.6 is 15.9 Å². The van der Waals surface area contributed by atoms with Gasteiger partial charge in [0, 0.05) is 9.89 Å². The summed E-state index contributed by atoms with van der Waals surface area (Å²) < 4.78 is 1.07. The Hall–Kier alpha value is -0.830. The molecule has 0 spiro atoms. The van der Waals surface area contributed by atoms with E-state index in [9.17, 15) is 0 Å². The zero-order chi connectivity index (χ0) is 11.5. The van der Waals surface area contributed by atoms with Gasteiger partial charge in [-0.3, -0.25) is 4.99 Å². The van der Waals surface area contributed by atoms with Gasteiger partial charge >= 0.3 is 0 Å². The van der Waals surface area contributed by atoms with Crippen LogP contribution in [0.15, 0.2) is 33.7 Å². The molecule has 0 saturated carbocycles. The fourth-order valence-corrected chi connectivity index (χ4v) is 1.50. The number of hydrogen-bond donors (Lipinski definition) is 1. The van der Waals surface area contributed by atoms with Crippen molar-refractivity contribution < 1.29 is 0 Å². The highest BCUT2D eigenvalue weighted by molar-refractivity contribution is 9.10. The fourth-order valence-electron chi connectivity index (χ4n) is 1.05. The third-order valence-electron chi connectivity index (χ3n) is 2.09. The van der Waals surface area contributed by atoms with E-state index in [2.05, 4.69) is 47.8 Å². The van der Waals surface area contributed by atoms with Gasteiger partial charge in [0.25, 0.3) is 0 Å². The Balaban J connectivity index is 2.72. The normalized spacial score (nSPS) is 12.9. The molecule has 82 valence electrons. The average Bonchev–Trinajstić information content (AvgIpc) is 2.12. The quantitative estimate of drug-likeness (QED) is 0.649. The van der Waals surface area contributed by atoms with Gasteiger partial charge in [-0.25, -0.2) is 0 Å². The summed E-state index contributed by atoms with van der Waals surface area (Å²) in [4.78, 5) is 4.38. The van der Waals surface area contributed by atoms with E-state index < -0.39 is 0 Å². The molecule has 3 heteroatoms. The van der Waals surface area contributed by atoms with Crippen LogP contribution in [-0.4, -0.2) is 5.84 Å². The molecule has 1 aromatic rings. The molecular formula is C12H17BrN2. The first kappa shape index (κ1) is 12.2. The highest BCUT2D eigenvalue weighted by atomic mass is 79.9. The molecule has 0 aromatic heterocycles. The maximum atomic E-state index is 5.87. The molecule has 0 radical (unpaired) electrons. The van der Waals surface area contributed by atoms with Gasteiger partial charge in [-0.15, -0.1) is 0 Å². The Morgan fingerprint density at radius 3 is 2.60 bits per heavy atom. The molecule has 0 unspecified atom stereocenters. The van der Waals surface area contributed by atoms with Crippen molar-refractivity contribution in [3.05, 3.63) is 34.3 Å². The van der Waals surface area contributed by atoms with E-state index in [0.717, 1.165) is 10.0 Å². The first-order valence-corrected chi connectivity index (χ1v) is 5.74. The summed E-state index contributed by atoms with van der Waals surface area (Å²) in [5.41, 5.74) is 6.99. The van der Waals surface area contributed by atoms with Crippen LogP contribution in [0.25, 0.3) is 0 Å².